The maximum absolute atomic E-state index is 13.9. The number of urea groups is 1. The number of hydrogen-bond acceptors (Lipinski definition) is 4. The molecule has 1 N–H and O–H groups in total. The molecule has 0 saturated carbocycles. The van der Waals surface area contributed by atoms with Crippen molar-refractivity contribution in [1.29, 1.82) is 0 Å². The Bertz CT molecular complexity index is 1240. The Labute approximate surface area is 191 Å². The number of benzene rings is 3. The molecule has 0 unspecified atom stereocenters. The van der Waals surface area contributed by atoms with Crippen LogP contribution in [0.3, 0.4) is 0 Å². The molecule has 3 aromatic rings. The molecule has 4 amide bonds. The number of carbonyl (C=O) groups excluding carboxylic acids is 3. The van der Waals surface area contributed by atoms with Crippen LogP contribution in [0.4, 0.5) is 14.9 Å². The predicted molar refractivity (Wildman–Crippen MR) is 120 cm³/mol. The number of nitrogens with zero attached hydrogens (tertiary/aromatic N) is 1. The lowest BCUT2D eigenvalue weighted by molar-refractivity contribution is -0.122. The summed E-state index contributed by atoms with van der Waals surface area (Å²) in [5.74, 6) is -1.63. The van der Waals surface area contributed by atoms with Crippen molar-refractivity contribution in [3.63, 3.8) is 0 Å². The number of rotatable bonds is 5. The van der Waals surface area contributed by atoms with Gasteiger partial charge in [0, 0.05) is 15.6 Å². The quantitative estimate of drug-likeness (QED) is 0.407. The van der Waals surface area contributed by atoms with Crippen molar-refractivity contribution < 1.29 is 23.5 Å². The Morgan fingerprint density at radius 2 is 1.69 bits per heavy atom. The number of barbiturate groups is 1. The second-order valence-corrected chi connectivity index (χ2v) is 7.77. The molecule has 0 bridgehead atoms. The molecule has 1 saturated heterocycles. The predicted octanol–water partition coefficient (Wildman–Crippen LogP) is 4.83. The molecule has 32 heavy (non-hydrogen) atoms. The van der Waals surface area contributed by atoms with E-state index in [-0.39, 0.29) is 12.2 Å². The van der Waals surface area contributed by atoms with Gasteiger partial charge >= 0.3 is 6.03 Å². The minimum Gasteiger partial charge on any atom is -0.488 e. The number of nitrogens with one attached hydrogen (secondary N) is 1. The van der Waals surface area contributed by atoms with Crippen molar-refractivity contribution in [1.82, 2.24) is 5.32 Å². The highest BCUT2D eigenvalue weighted by Gasteiger charge is 2.36. The lowest BCUT2D eigenvalue weighted by Crippen LogP contribution is -2.54. The van der Waals surface area contributed by atoms with Crippen molar-refractivity contribution >= 4 is 45.5 Å². The third-order valence-corrected chi connectivity index (χ3v) is 5.22. The number of imide groups is 2. The van der Waals surface area contributed by atoms with Gasteiger partial charge in [-0.2, -0.15) is 0 Å². The number of amides is 4. The maximum Gasteiger partial charge on any atom is 0.335 e. The summed E-state index contributed by atoms with van der Waals surface area (Å²) in [6, 6.07) is 18.7. The van der Waals surface area contributed by atoms with Crippen LogP contribution < -0.4 is 15.0 Å². The van der Waals surface area contributed by atoms with Crippen molar-refractivity contribution in [2.24, 2.45) is 0 Å². The molecule has 3 aromatic carbocycles. The van der Waals surface area contributed by atoms with Crippen LogP contribution in [-0.2, 0) is 16.2 Å². The van der Waals surface area contributed by atoms with Gasteiger partial charge in [-0.05, 0) is 42.5 Å². The molecule has 6 nitrogen and oxygen atoms in total. The minimum atomic E-state index is -0.825. The van der Waals surface area contributed by atoms with Crippen LogP contribution in [0.1, 0.15) is 11.1 Å². The Morgan fingerprint density at radius 1 is 0.969 bits per heavy atom. The van der Waals surface area contributed by atoms with E-state index in [4.69, 9.17) is 4.74 Å². The number of para-hydroxylation sites is 1. The molecule has 0 atom stereocenters. The van der Waals surface area contributed by atoms with E-state index in [0.29, 0.717) is 27.0 Å². The maximum atomic E-state index is 13.9. The summed E-state index contributed by atoms with van der Waals surface area (Å²) in [5, 5.41) is 2.18. The summed E-state index contributed by atoms with van der Waals surface area (Å²) in [7, 11) is 0. The first-order chi connectivity index (χ1) is 15.4. The Kier molecular flexibility index (Phi) is 6.13. The first-order valence-electron chi connectivity index (χ1n) is 9.56. The van der Waals surface area contributed by atoms with E-state index in [1.165, 1.54) is 12.1 Å². The summed E-state index contributed by atoms with van der Waals surface area (Å²) in [6.07, 6.45) is 1.35. The second-order valence-electron chi connectivity index (χ2n) is 6.86. The van der Waals surface area contributed by atoms with Gasteiger partial charge in [0.25, 0.3) is 11.8 Å². The van der Waals surface area contributed by atoms with Crippen LogP contribution in [0, 0.1) is 5.82 Å². The zero-order valence-corrected chi connectivity index (χ0v) is 18.1. The van der Waals surface area contributed by atoms with Crippen LogP contribution in [0.15, 0.2) is 82.8 Å². The highest BCUT2D eigenvalue weighted by atomic mass is 79.9. The topological polar surface area (TPSA) is 75.7 Å². The molecule has 0 aromatic heterocycles. The molecule has 1 heterocycles. The number of anilines is 1. The van der Waals surface area contributed by atoms with Crippen molar-refractivity contribution in [2.45, 2.75) is 6.61 Å². The first-order valence-corrected chi connectivity index (χ1v) is 10.4. The average Bonchev–Trinajstić information content (AvgIpc) is 2.77. The van der Waals surface area contributed by atoms with Gasteiger partial charge in [0.2, 0.25) is 0 Å². The Hall–Kier alpha value is -3.78. The van der Waals surface area contributed by atoms with E-state index >= 15 is 0 Å². The van der Waals surface area contributed by atoms with Gasteiger partial charge in [-0.15, -0.1) is 0 Å². The van der Waals surface area contributed by atoms with Gasteiger partial charge in [0.05, 0.1) is 5.69 Å². The van der Waals surface area contributed by atoms with Gasteiger partial charge in [-0.3, -0.25) is 14.9 Å². The van der Waals surface area contributed by atoms with Crippen LogP contribution in [0.5, 0.6) is 5.75 Å². The monoisotopic (exact) mass is 494 g/mol. The zero-order chi connectivity index (χ0) is 22.7. The Morgan fingerprint density at radius 3 is 2.44 bits per heavy atom. The van der Waals surface area contributed by atoms with Gasteiger partial charge < -0.3 is 4.74 Å². The molecular weight excluding hydrogens is 479 g/mol. The number of hydrogen-bond donors (Lipinski definition) is 1. The summed E-state index contributed by atoms with van der Waals surface area (Å²) in [4.78, 5) is 38.7. The van der Waals surface area contributed by atoms with Gasteiger partial charge in [-0.1, -0.05) is 52.3 Å². The molecule has 4 rings (SSSR count). The van der Waals surface area contributed by atoms with Crippen molar-refractivity contribution in [2.75, 3.05) is 4.90 Å². The van der Waals surface area contributed by atoms with Gasteiger partial charge in [0.15, 0.2) is 0 Å². The van der Waals surface area contributed by atoms with E-state index in [1.54, 1.807) is 66.7 Å². The molecule has 0 aliphatic carbocycles. The van der Waals surface area contributed by atoms with Crippen LogP contribution in [0.2, 0.25) is 0 Å². The minimum absolute atomic E-state index is 0.0424. The highest BCUT2D eigenvalue weighted by molar-refractivity contribution is 9.10. The SMILES string of the molecule is O=C1NC(=O)N(c2ccccc2)C(=O)/C1=C/c1cc(Br)ccc1OCc1ccccc1F. The average molecular weight is 495 g/mol. The van der Waals surface area contributed by atoms with Crippen molar-refractivity contribution in [3.05, 3.63) is 99.8 Å². The summed E-state index contributed by atoms with van der Waals surface area (Å²) in [6.45, 7) is -0.0424. The molecule has 1 fully saturated rings. The fourth-order valence-electron chi connectivity index (χ4n) is 3.16. The number of halogens is 2. The van der Waals surface area contributed by atoms with E-state index in [2.05, 4.69) is 21.2 Å². The summed E-state index contributed by atoms with van der Waals surface area (Å²) < 4.78 is 20.4. The van der Waals surface area contributed by atoms with Gasteiger partial charge in [0.1, 0.15) is 23.7 Å². The molecule has 8 heteroatoms. The van der Waals surface area contributed by atoms with E-state index < -0.39 is 23.7 Å². The molecule has 160 valence electrons. The molecular formula is C24H16BrFN2O4. The Balaban J connectivity index is 1.68. The van der Waals surface area contributed by atoms with Crippen LogP contribution >= 0.6 is 15.9 Å². The highest BCUT2D eigenvalue weighted by Crippen LogP contribution is 2.28. The second kappa shape index (κ2) is 9.15. The normalized spacial score (nSPS) is 15.1. The van der Waals surface area contributed by atoms with E-state index in [9.17, 15) is 18.8 Å². The number of carbonyl (C=O) groups is 3. The third kappa shape index (κ3) is 4.45. The first kappa shape index (κ1) is 21.5. The fourth-order valence-corrected chi connectivity index (χ4v) is 3.54. The molecule has 1 aliphatic rings. The van der Waals surface area contributed by atoms with E-state index in [1.807, 2.05) is 0 Å². The molecule has 1 aliphatic heterocycles. The fraction of sp³-hybridized carbons (Fsp3) is 0.0417. The smallest absolute Gasteiger partial charge is 0.335 e. The zero-order valence-electron chi connectivity index (χ0n) is 16.5. The van der Waals surface area contributed by atoms with Gasteiger partial charge in [-0.25, -0.2) is 14.1 Å². The molecule has 0 radical (unpaired) electrons. The number of ether oxygens (including phenoxy) is 1. The van der Waals surface area contributed by atoms with Crippen LogP contribution in [-0.4, -0.2) is 17.8 Å². The lowest BCUT2D eigenvalue weighted by Gasteiger charge is -2.26. The summed E-state index contributed by atoms with van der Waals surface area (Å²) >= 11 is 3.36. The third-order valence-electron chi connectivity index (χ3n) is 4.73. The largest absolute Gasteiger partial charge is 0.488 e. The standard InChI is InChI=1S/C24H16BrFN2O4/c25-17-10-11-21(32-14-15-6-4-5-9-20(15)26)16(12-17)13-19-22(29)27-24(31)28(23(19)30)18-7-2-1-3-8-18/h1-13H,14H2,(H,27,29,31)/b19-13+. The van der Waals surface area contributed by atoms with Crippen LogP contribution in [0.25, 0.3) is 6.08 Å². The van der Waals surface area contributed by atoms with E-state index in [0.717, 1.165) is 4.90 Å². The molecule has 0 spiro atoms. The summed E-state index contributed by atoms with van der Waals surface area (Å²) in [5.41, 5.74) is 0.874. The van der Waals surface area contributed by atoms with Crippen molar-refractivity contribution in [3.8, 4) is 5.75 Å². The lowest BCUT2D eigenvalue weighted by atomic mass is 10.1.